The quantitative estimate of drug-likeness (QED) is 0.275. The molecule has 0 saturated carbocycles. The van der Waals surface area contributed by atoms with Crippen molar-refractivity contribution in [1.29, 1.82) is 0 Å². The van der Waals surface area contributed by atoms with E-state index in [-0.39, 0.29) is 17.1 Å². The van der Waals surface area contributed by atoms with Gasteiger partial charge in [0.05, 0.1) is 0 Å². The molecule has 0 atom stereocenters. The topological polar surface area (TPSA) is 0 Å². The molecule has 0 spiro atoms. The molecular weight excluding hydrogens is 259 g/mol. The molecule has 0 fully saturated rings. The zero-order valence-electron chi connectivity index (χ0n) is 12.1. The van der Waals surface area contributed by atoms with Gasteiger partial charge in [0.15, 0.2) is 0 Å². The third-order valence-electron chi connectivity index (χ3n) is 2.94. The molecule has 18 heavy (non-hydrogen) atoms. The van der Waals surface area contributed by atoms with Crippen molar-refractivity contribution in [3.05, 3.63) is 31.2 Å². The maximum Gasteiger partial charge on any atom is 2.00 e. The van der Waals surface area contributed by atoms with Crippen LogP contribution < -0.4 is 0 Å². The maximum atomic E-state index is 3.84. The Kier molecular flexibility index (Phi) is 21.8. The predicted octanol–water partition coefficient (Wildman–Crippen LogP) is 6.04. The van der Waals surface area contributed by atoms with E-state index in [0.717, 1.165) is 12.8 Å². The minimum Gasteiger partial charge on any atom is -0.343 e. The summed E-state index contributed by atoms with van der Waals surface area (Å²) in [6.07, 6.45) is 23.9. The summed E-state index contributed by atoms with van der Waals surface area (Å²) >= 11 is 0. The maximum absolute atomic E-state index is 3.84. The van der Waals surface area contributed by atoms with Crippen molar-refractivity contribution in [2.45, 2.75) is 77.6 Å². The van der Waals surface area contributed by atoms with E-state index >= 15 is 0 Å². The molecule has 0 aromatic heterocycles. The summed E-state index contributed by atoms with van der Waals surface area (Å²) < 4.78 is 0. The van der Waals surface area contributed by atoms with Crippen molar-refractivity contribution >= 4 is 0 Å². The Morgan fingerprint density at radius 3 is 1.83 bits per heavy atom. The van der Waals surface area contributed by atoms with Gasteiger partial charge in [-0.3, -0.25) is 6.08 Å². The molecule has 1 heteroatoms. The van der Waals surface area contributed by atoms with Gasteiger partial charge < -0.3 is 6.92 Å². The minimum absolute atomic E-state index is 0. The molecule has 0 unspecified atom stereocenters. The first-order valence-corrected chi connectivity index (χ1v) is 7.42. The number of hydrogen-bond donors (Lipinski definition) is 0. The van der Waals surface area contributed by atoms with Gasteiger partial charge in [-0.2, -0.15) is 12.5 Å². The Morgan fingerprint density at radius 2 is 1.50 bits per heavy atom. The summed E-state index contributed by atoms with van der Waals surface area (Å²) in [6, 6.07) is 0. The van der Waals surface area contributed by atoms with E-state index < -0.39 is 0 Å². The van der Waals surface area contributed by atoms with Gasteiger partial charge in [0.25, 0.3) is 0 Å². The fraction of sp³-hybridized carbons (Fsp3) is 0.706. The van der Waals surface area contributed by atoms with Crippen molar-refractivity contribution in [2.24, 2.45) is 0 Å². The van der Waals surface area contributed by atoms with Gasteiger partial charge in [-0.25, -0.2) is 12.2 Å². The number of unbranched alkanes of at least 4 members (excludes halogenated alkanes) is 9. The fourth-order valence-corrected chi connectivity index (χ4v) is 1.83. The van der Waals surface area contributed by atoms with E-state index in [4.69, 9.17) is 0 Å². The van der Waals surface area contributed by atoms with Crippen molar-refractivity contribution in [1.82, 2.24) is 0 Å². The molecule has 0 N–H and O–H groups in total. The van der Waals surface area contributed by atoms with Crippen molar-refractivity contribution in [3.8, 4) is 0 Å². The van der Waals surface area contributed by atoms with E-state index in [0.29, 0.717) is 0 Å². The van der Waals surface area contributed by atoms with Gasteiger partial charge in [0, 0.05) is 0 Å². The van der Waals surface area contributed by atoms with E-state index in [2.05, 4.69) is 26.0 Å². The Hall–Kier alpha value is -0.000519. The summed E-state index contributed by atoms with van der Waals surface area (Å²) in [7, 11) is 0. The van der Waals surface area contributed by atoms with Gasteiger partial charge in [0.1, 0.15) is 0 Å². The van der Waals surface area contributed by atoms with Crippen LogP contribution in [0, 0.1) is 13.0 Å². The molecule has 0 heterocycles. The van der Waals surface area contributed by atoms with Crippen LogP contribution in [0.25, 0.3) is 0 Å². The first-order valence-electron chi connectivity index (χ1n) is 7.42. The summed E-state index contributed by atoms with van der Waals surface area (Å²) in [4.78, 5) is 0. The average Bonchev–Trinajstić information content (AvgIpc) is 2.92. The van der Waals surface area contributed by atoms with Gasteiger partial charge in [-0.1, -0.05) is 64.7 Å². The fourth-order valence-electron chi connectivity index (χ4n) is 1.83. The summed E-state index contributed by atoms with van der Waals surface area (Å²) in [5.41, 5.74) is 0. The Bertz CT molecular complexity index is 162. The Labute approximate surface area is 126 Å². The second-order valence-corrected chi connectivity index (χ2v) is 4.69. The van der Waals surface area contributed by atoms with Crippen LogP contribution in [0.2, 0.25) is 0 Å². The molecule has 1 rings (SSSR count). The molecule has 1 aliphatic rings. The van der Waals surface area contributed by atoms with Gasteiger partial charge >= 0.3 is 17.1 Å². The van der Waals surface area contributed by atoms with E-state index in [9.17, 15) is 0 Å². The molecule has 0 saturated heterocycles. The van der Waals surface area contributed by atoms with Crippen LogP contribution in [0.1, 0.15) is 77.6 Å². The van der Waals surface area contributed by atoms with Gasteiger partial charge in [0.2, 0.25) is 0 Å². The van der Waals surface area contributed by atoms with Crippen LogP contribution >= 0.6 is 0 Å². The number of rotatable bonds is 9. The van der Waals surface area contributed by atoms with Crippen molar-refractivity contribution in [2.75, 3.05) is 0 Å². The van der Waals surface area contributed by atoms with Crippen LogP contribution in [-0.4, -0.2) is 0 Å². The molecule has 105 valence electrons. The SMILES string of the molecule is [C-]1=CC=CC1.[CH2-]CCCCCCCCCCC.[Mn+2]. The molecule has 0 aliphatic heterocycles. The molecule has 0 amide bonds. The monoisotopic (exact) mass is 289 g/mol. The average molecular weight is 289 g/mol. The van der Waals surface area contributed by atoms with Crippen molar-refractivity contribution in [3.63, 3.8) is 0 Å². The largest absolute Gasteiger partial charge is 2.00 e. The van der Waals surface area contributed by atoms with Crippen LogP contribution in [-0.2, 0) is 17.1 Å². The van der Waals surface area contributed by atoms with E-state index in [1.54, 1.807) is 0 Å². The molecule has 0 bridgehead atoms. The molecule has 0 nitrogen and oxygen atoms in total. The van der Waals surface area contributed by atoms with Crippen LogP contribution in [0.4, 0.5) is 0 Å². The summed E-state index contributed by atoms with van der Waals surface area (Å²) in [5.74, 6) is 0. The molecule has 1 aliphatic carbocycles. The summed E-state index contributed by atoms with van der Waals surface area (Å²) in [5, 5.41) is 0. The number of allylic oxidation sites excluding steroid dienone is 4. The third kappa shape index (κ3) is 18.4. The standard InChI is InChI=1S/C12H25.C5H5.Mn/c1-3-5-7-9-11-12-10-8-6-4-2;1-2-4-5-3-1;/h1,3-12H2,2H3;1-3H,4H2;/q2*-1;+2. The predicted molar refractivity (Wildman–Crippen MR) is 78.8 cm³/mol. The zero-order valence-corrected chi connectivity index (χ0v) is 13.3. The third-order valence-corrected chi connectivity index (χ3v) is 2.94. The molecule has 0 aromatic rings. The second kappa shape index (κ2) is 19.3. The smallest absolute Gasteiger partial charge is 0.343 e. The van der Waals surface area contributed by atoms with Crippen LogP contribution in [0.3, 0.4) is 0 Å². The summed E-state index contributed by atoms with van der Waals surface area (Å²) in [6.45, 7) is 6.12. The first kappa shape index (κ1) is 20.3. The molecular formula is C17H30Mn. The second-order valence-electron chi connectivity index (χ2n) is 4.69. The van der Waals surface area contributed by atoms with E-state index in [1.807, 2.05) is 12.2 Å². The number of hydrogen-bond acceptors (Lipinski definition) is 0. The van der Waals surface area contributed by atoms with Gasteiger partial charge in [-0.05, 0) is 0 Å². The van der Waals surface area contributed by atoms with Crippen LogP contribution in [0.15, 0.2) is 18.2 Å². The molecule has 0 aromatic carbocycles. The van der Waals surface area contributed by atoms with Gasteiger partial charge in [-0.15, -0.1) is 6.42 Å². The first-order chi connectivity index (χ1) is 8.41. The van der Waals surface area contributed by atoms with Crippen LogP contribution in [0.5, 0.6) is 0 Å². The Balaban J connectivity index is 0. The van der Waals surface area contributed by atoms with Crippen molar-refractivity contribution < 1.29 is 17.1 Å². The minimum atomic E-state index is 0. The molecule has 1 radical (unpaired) electrons. The normalized spacial score (nSPS) is 11.9. The zero-order chi connectivity index (χ0) is 12.6. The van der Waals surface area contributed by atoms with E-state index in [1.165, 1.54) is 57.8 Å². The Morgan fingerprint density at radius 1 is 0.944 bits per heavy atom.